The highest BCUT2D eigenvalue weighted by Crippen LogP contribution is 2.22. The number of aryl methyl sites for hydroxylation is 1. The molecule has 0 aromatic carbocycles. The summed E-state index contributed by atoms with van der Waals surface area (Å²) in [6.07, 6.45) is 2.02. The van der Waals surface area contributed by atoms with Gasteiger partial charge in [0.15, 0.2) is 0 Å². The maximum atomic E-state index is 4.59. The van der Waals surface area contributed by atoms with E-state index in [0.717, 1.165) is 30.2 Å². The third-order valence-corrected chi connectivity index (χ3v) is 2.27. The Bertz CT molecular complexity index is 326. The van der Waals surface area contributed by atoms with Crippen LogP contribution in [0.2, 0.25) is 0 Å². The molecular weight excluding hydrogens is 186 g/mol. The van der Waals surface area contributed by atoms with Gasteiger partial charge in [0.05, 0.1) is 5.69 Å². The van der Waals surface area contributed by atoms with Crippen LogP contribution < -0.4 is 5.32 Å². The molecule has 1 aromatic rings. The molecule has 0 atom stereocenters. The summed E-state index contributed by atoms with van der Waals surface area (Å²) in [6, 6.07) is 2.03. The second kappa shape index (κ2) is 4.60. The van der Waals surface area contributed by atoms with Gasteiger partial charge in [-0.2, -0.15) is 0 Å². The number of nitrogens with one attached hydrogen (secondary N) is 1. The molecule has 0 radical (unpaired) electrons. The Morgan fingerprint density at radius 3 is 2.40 bits per heavy atom. The molecule has 0 aliphatic heterocycles. The molecule has 0 amide bonds. The molecule has 0 aliphatic carbocycles. The highest BCUT2D eigenvalue weighted by molar-refractivity contribution is 5.37. The van der Waals surface area contributed by atoms with Crippen LogP contribution in [0.3, 0.4) is 0 Å². The van der Waals surface area contributed by atoms with Crippen molar-refractivity contribution in [3.05, 3.63) is 17.6 Å². The number of nitrogens with zero attached hydrogens (tertiary/aromatic N) is 2. The number of hydrogen-bond donors (Lipinski definition) is 1. The van der Waals surface area contributed by atoms with E-state index in [0.29, 0.717) is 0 Å². The summed E-state index contributed by atoms with van der Waals surface area (Å²) < 4.78 is 0. The molecule has 0 fully saturated rings. The fourth-order valence-corrected chi connectivity index (χ4v) is 1.34. The van der Waals surface area contributed by atoms with E-state index in [1.165, 1.54) is 0 Å². The van der Waals surface area contributed by atoms with Gasteiger partial charge in [0, 0.05) is 24.9 Å². The zero-order chi connectivity index (χ0) is 11.5. The van der Waals surface area contributed by atoms with Crippen molar-refractivity contribution in [1.29, 1.82) is 0 Å². The minimum Gasteiger partial charge on any atom is -0.373 e. The average Bonchev–Trinajstić information content (AvgIpc) is 2.16. The van der Waals surface area contributed by atoms with Crippen LogP contribution in [0.25, 0.3) is 0 Å². The molecule has 1 aromatic heterocycles. The van der Waals surface area contributed by atoms with Crippen molar-refractivity contribution in [2.75, 3.05) is 12.4 Å². The molecule has 1 heterocycles. The van der Waals surface area contributed by atoms with Gasteiger partial charge in [0.25, 0.3) is 0 Å². The molecule has 0 saturated heterocycles. The van der Waals surface area contributed by atoms with E-state index in [-0.39, 0.29) is 5.41 Å². The third-order valence-electron chi connectivity index (χ3n) is 2.27. The first-order chi connectivity index (χ1) is 6.97. The molecule has 1 rings (SSSR count). The maximum Gasteiger partial charge on any atom is 0.131 e. The standard InChI is InChI=1S/C12H21N3/c1-6-7-10-14-9(12(2,3)4)8-11(13-5)15-10/h8H,6-7H2,1-5H3,(H,13,14,15). The fourth-order valence-electron chi connectivity index (χ4n) is 1.34. The van der Waals surface area contributed by atoms with Crippen LogP contribution in [0.5, 0.6) is 0 Å². The zero-order valence-corrected chi connectivity index (χ0v) is 10.4. The lowest BCUT2D eigenvalue weighted by Crippen LogP contribution is -2.16. The van der Waals surface area contributed by atoms with Gasteiger partial charge >= 0.3 is 0 Å². The van der Waals surface area contributed by atoms with Crippen LogP contribution in [0.1, 0.15) is 45.6 Å². The number of hydrogen-bond acceptors (Lipinski definition) is 3. The lowest BCUT2D eigenvalue weighted by atomic mass is 9.92. The number of anilines is 1. The summed E-state index contributed by atoms with van der Waals surface area (Å²) in [4.78, 5) is 9.02. The van der Waals surface area contributed by atoms with E-state index < -0.39 is 0 Å². The first-order valence-electron chi connectivity index (χ1n) is 5.53. The Kier molecular flexibility index (Phi) is 3.66. The van der Waals surface area contributed by atoms with Crippen molar-refractivity contribution in [3.63, 3.8) is 0 Å². The Morgan fingerprint density at radius 2 is 1.93 bits per heavy atom. The molecule has 0 spiro atoms. The van der Waals surface area contributed by atoms with Gasteiger partial charge in [-0.1, -0.05) is 27.7 Å². The molecule has 1 N–H and O–H groups in total. The lowest BCUT2D eigenvalue weighted by molar-refractivity contribution is 0.561. The molecule has 0 bridgehead atoms. The number of aromatic nitrogens is 2. The molecule has 15 heavy (non-hydrogen) atoms. The van der Waals surface area contributed by atoms with E-state index in [1.807, 2.05) is 13.1 Å². The highest BCUT2D eigenvalue weighted by atomic mass is 15.0. The van der Waals surface area contributed by atoms with Crippen LogP contribution in [-0.4, -0.2) is 17.0 Å². The molecular formula is C12H21N3. The lowest BCUT2D eigenvalue weighted by Gasteiger charge is -2.19. The molecule has 3 heteroatoms. The van der Waals surface area contributed by atoms with Crippen molar-refractivity contribution >= 4 is 5.82 Å². The summed E-state index contributed by atoms with van der Waals surface area (Å²) >= 11 is 0. The van der Waals surface area contributed by atoms with Gasteiger partial charge in [-0.25, -0.2) is 9.97 Å². The number of rotatable bonds is 3. The topological polar surface area (TPSA) is 37.8 Å². The molecule has 0 saturated carbocycles. The second-order valence-corrected chi connectivity index (χ2v) is 4.80. The smallest absolute Gasteiger partial charge is 0.131 e. The maximum absolute atomic E-state index is 4.59. The van der Waals surface area contributed by atoms with E-state index >= 15 is 0 Å². The fraction of sp³-hybridized carbons (Fsp3) is 0.667. The summed E-state index contributed by atoms with van der Waals surface area (Å²) in [7, 11) is 1.89. The molecule has 0 aliphatic rings. The SMILES string of the molecule is CCCc1nc(NC)cc(C(C)(C)C)n1. The zero-order valence-electron chi connectivity index (χ0n) is 10.4. The van der Waals surface area contributed by atoms with Crippen molar-refractivity contribution in [3.8, 4) is 0 Å². The molecule has 84 valence electrons. The summed E-state index contributed by atoms with van der Waals surface area (Å²) in [5.41, 5.74) is 1.18. The average molecular weight is 207 g/mol. The summed E-state index contributed by atoms with van der Waals surface area (Å²) in [6.45, 7) is 8.66. The van der Waals surface area contributed by atoms with Crippen molar-refractivity contribution in [2.45, 2.75) is 46.0 Å². The van der Waals surface area contributed by atoms with Gasteiger partial charge in [-0.15, -0.1) is 0 Å². The highest BCUT2D eigenvalue weighted by Gasteiger charge is 2.17. The first kappa shape index (κ1) is 12.0. The van der Waals surface area contributed by atoms with Gasteiger partial charge in [0.2, 0.25) is 0 Å². The molecule has 0 unspecified atom stereocenters. The van der Waals surface area contributed by atoms with E-state index in [9.17, 15) is 0 Å². The van der Waals surface area contributed by atoms with Crippen LogP contribution in [0.4, 0.5) is 5.82 Å². The van der Waals surface area contributed by atoms with E-state index in [1.54, 1.807) is 0 Å². The monoisotopic (exact) mass is 207 g/mol. The largest absolute Gasteiger partial charge is 0.373 e. The molecule has 3 nitrogen and oxygen atoms in total. The minimum atomic E-state index is 0.0804. The Hall–Kier alpha value is -1.12. The van der Waals surface area contributed by atoms with E-state index in [4.69, 9.17) is 0 Å². The Balaban J connectivity index is 3.11. The predicted molar refractivity (Wildman–Crippen MR) is 64.3 cm³/mol. The van der Waals surface area contributed by atoms with Crippen LogP contribution in [-0.2, 0) is 11.8 Å². The van der Waals surface area contributed by atoms with Gasteiger partial charge < -0.3 is 5.32 Å². The van der Waals surface area contributed by atoms with Crippen molar-refractivity contribution in [2.24, 2.45) is 0 Å². The van der Waals surface area contributed by atoms with Crippen LogP contribution >= 0.6 is 0 Å². The van der Waals surface area contributed by atoms with Gasteiger partial charge in [0.1, 0.15) is 11.6 Å². The van der Waals surface area contributed by atoms with Gasteiger partial charge in [-0.3, -0.25) is 0 Å². The summed E-state index contributed by atoms with van der Waals surface area (Å²) in [5.74, 6) is 1.85. The van der Waals surface area contributed by atoms with Gasteiger partial charge in [-0.05, 0) is 6.42 Å². The van der Waals surface area contributed by atoms with Crippen LogP contribution in [0, 0.1) is 0 Å². The summed E-state index contributed by atoms with van der Waals surface area (Å²) in [5, 5.41) is 3.09. The van der Waals surface area contributed by atoms with Crippen molar-refractivity contribution in [1.82, 2.24) is 9.97 Å². The predicted octanol–water partition coefficient (Wildman–Crippen LogP) is 2.77. The van der Waals surface area contributed by atoms with Crippen LogP contribution in [0.15, 0.2) is 6.07 Å². The quantitative estimate of drug-likeness (QED) is 0.828. The van der Waals surface area contributed by atoms with Crippen molar-refractivity contribution < 1.29 is 0 Å². The second-order valence-electron chi connectivity index (χ2n) is 4.80. The third kappa shape index (κ3) is 3.18. The van der Waals surface area contributed by atoms with E-state index in [2.05, 4.69) is 43.0 Å². The Morgan fingerprint density at radius 1 is 1.27 bits per heavy atom. The normalized spacial score (nSPS) is 11.5. The Labute approximate surface area is 92.3 Å². The minimum absolute atomic E-state index is 0.0804. The first-order valence-corrected chi connectivity index (χ1v) is 5.53.